The van der Waals surface area contributed by atoms with Crippen LogP contribution in [-0.4, -0.2) is 53.2 Å². The number of halogens is 1. The van der Waals surface area contributed by atoms with Crippen LogP contribution in [0.3, 0.4) is 0 Å². The number of hydrogen-bond donors (Lipinski definition) is 3. The van der Waals surface area contributed by atoms with Crippen LogP contribution >= 0.6 is 11.6 Å². The molecule has 0 aromatic heterocycles. The van der Waals surface area contributed by atoms with Crippen molar-refractivity contribution in [1.82, 2.24) is 0 Å². The zero-order valence-corrected chi connectivity index (χ0v) is 15.5. The summed E-state index contributed by atoms with van der Waals surface area (Å²) in [5, 5.41) is 27.5. The third-order valence-electron chi connectivity index (χ3n) is 4.03. The smallest absolute Gasteiger partial charge is 0.119 e. The molecule has 0 aliphatic heterocycles. The summed E-state index contributed by atoms with van der Waals surface area (Å²) >= 11 is 5.54. The molecule has 2 aromatic carbocycles. The number of rotatable bonds is 10. The van der Waals surface area contributed by atoms with E-state index in [0.717, 1.165) is 11.1 Å². The van der Waals surface area contributed by atoms with Gasteiger partial charge in [0.2, 0.25) is 0 Å². The molecule has 0 aliphatic rings. The SMILES string of the molecule is CC(c1ccc(OCC(O)CO)cc1)c1ccc(OCC(O)CCl)cc1. The topological polar surface area (TPSA) is 79.2 Å². The van der Waals surface area contributed by atoms with E-state index in [0.29, 0.717) is 11.5 Å². The average Bonchev–Trinajstić information content (AvgIpc) is 2.70. The third-order valence-corrected chi connectivity index (χ3v) is 4.39. The molecule has 3 atom stereocenters. The van der Waals surface area contributed by atoms with E-state index in [-0.39, 0.29) is 31.6 Å². The third kappa shape index (κ3) is 6.18. The molecule has 3 N–H and O–H groups in total. The molecule has 26 heavy (non-hydrogen) atoms. The Hall–Kier alpha value is -1.79. The maximum absolute atomic E-state index is 9.42. The molecule has 2 aromatic rings. The minimum atomic E-state index is -0.875. The lowest BCUT2D eigenvalue weighted by atomic mass is 9.93. The van der Waals surface area contributed by atoms with Crippen LogP contribution < -0.4 is 9.47 Å². The van der Waals surface area contributed by atoms with Crippen molar-refractivity contribution in [2.75, 3.05) is 25.7 Å². The van der Waals surface area contributed by atoms with Gasteiger partial charge in [0.05, 0.1) is 12.5 Å². The van der Waals surface area contributed by atoms with E-state index in [1.54, 1.807) is 0 Å². The summed E-state index contributed by atoms with van der Waals surface area (Å²) in [7, 11) is 0. The van der Waals surface area contributed by atoms with Gasteiger partial charge in [-0.3, -0.25) is 0 Å². The van der Waals surface area contributed by atoms with E-state index in [1.807, 2.05) is 48.5 Å². The lowest BCUT2D eigenvalue weighted by Gasteiger charge is -2.15. The Morgan fingerprint density at radius 1 is 0.808 bits per heavy atom. The summed E-state index contributed by atoms with van der Waals surface area (Å²) in [6.45, 7) is 2.02. The summed E-state index contributed by atoms with van der Waals surface area (Å²) in [6.07, 6.45) is -1.55. The van der Waals surface area contributed by atoms with E-state index in [2.05, 4.69) is 6.92 Å². The number of ether oxygens (including phenoxy) is 2. The van der Waals surface area contributed by atoms with Gasteiger partial charge >= 0.3 is 0 Å². The van der Waals surface area contributed by atoms with Gasteiger partial charge in [0.25, 0.3) is 0 Å². The van der Waals surface area contributed by atoms with Crippen molar-refractivity contribution in [1.29, 1.82) is 0 Å². The first kappa shape index (κ1) is 20.5. The van der Waals surface area contributed by atoms with Gasteiger partial charge in [-0.1, -0.05) is 31.2 Å². The zero-order chi connectivity index (χ0) is 18.9. The van der Waals surface area contributed by atoms with E-state index in [1.165, 1.54) is 0 Å². The summed E-state index contributed by atoms with van der Waals surface area (Å²) in [5.41, 5.74) is 2.27. The normalized spacial score (nSPS) is 14.5. The molecule has 0 fully saturated rings. The molecule has 0 saturated heterocycles. The lowest BCUT2D eigenvalue weighted by Crippen LogP contribution is -2.21. The molecule has 6 heteroatoms. The molecule has 0 spiro atoms. The highest BCUT2D eigenvalue weighted by Crippen LogP contribution is 2.27. The average molecular weight is 381 g/mol. The molecule has 0 radical (unpaired) electrons. The Balaban J connectivity index is 1.94. The van der Waals surface area contributed by atoms with Crippen molar-refractivity contribution in [3.05, 3.63) is 59.7 Å². The largest absolute Gasteiger partial charge is 0.491 e. The van der Waals surface area contributed by atoms with Crippen LogP contribution in [0.2, 0.25) is 0 Å². The number of benzene rings is 2. The predicted molar refractivity (Wildman–Crippen MR) is 101 cm³/mol. The van der Waals surface area contributed by atoms with Crippen molar-refractivity contribution < 1.29 is 24.8 Å². The Morgan fingerprint density at radius 3 is 1.62 bits per heavy atom. The second-order valence-corrected chi connectivity index (χ2v) is 6.43. The van der Waals surface area contributed by atoms with Crippen molar-refractivity contribution in [2.24, 2.45) is 0 Å². The second-order valence-electron chi connectivity index (χ2n) is 6.13. The number of hydrogen-bond acceptors (Lipinski definition) is 5. The minimum Gasteiger partial charge on any atom is -0.491 e. The standard InChI is InChI=1S/C20H25ClO5/c1-14(15-2-6-19(7-3-15)25-12-17(23)10-21)16-4-8-20(9-5-16)26-13-18(24)11-22/h2-9,14,17-18,22-24H,10-13H2,1H3. The van der Waals surface area contributed by atoms with Crippen LogP contribution in [0.5, 0.6) is 11.5 Å². The first-order valence-corrected chi connectivity index (χ1v) is 9.05. The van der Waals surface area contributed by atoms with Crippen molar-refractivity contribution in [3.63, 3.8) is 0 Å². The van der Waals surface area contributed by atoms with Gasteiger partial charge in [-0.2, -0.15) is 0 Å². The molecule has 0 saturated carbocycles. The van der Waals surface area contributed by atoms with E-state index >= 15 is 0 Å². The van der Waals surface area contributed by atoms with E-state index in [9.17, 15) is 10.2 Å². The highest BCUT2D eigenvalue weighted by Gasteiger charge is 2.10. The quantitative estimate of drug-likeness (QED) is 0.552. The lowest BCUT2D eigenvalue weighted by molar-refractivity contribution is 0.0536. The van der Waals surface area contributed by atoms with Crippen LogP contribution in [0.15, 0.2) is 48.5 Å². The molecular weight excluding hydrogens is 356 g/mol. The van der Waals surface area contributed by atoms with Crippen LogP contribution in [0.1, 0.15) is 24.0 Å². The molecular formula is C20H25ClO5. The summed E-state index contributed by atoms with van der Waals surface area (Å²) in [5.74, 6) is 1.68. The predicted octanol–water partition coefficient (Wildman–Crippen LogP) is 2.55. The van der Waals surface area contributed by atoms with Gasteiger partial charge in [-0.25, -0.2) is 0 Å². The highest BCUT2D eigenvalue weighted by molar-refractivity contribution is 6.18. The maximum Gasteiger partial charge on any atom is 0.119 e. The number of alkyl halides is 1. The van der Waals surface area contributed by atoms with Gasteiger partial charge in [0.15, 0.2) is 0 Å². The molecule has 3 unspecified atom stereocenters. The Morgan fingerprint density at radius 2 is 1.23 bits per heavy atom. The van der Waals surface area contributed by atoms with Crippen molar-refractivity contribution >= 4 is 11.6 Å². The zero-order valence-electron chi connectivity index (χ0n) is 14.7. The van der Waals surface area contributed by atoms with Crippen LogP contribution in [0.25, 0.3) is 0 Å². The Kier molecular flexibility index (Phi) is 8.19. The first-order chi connectivity index (χ1) is 12.5. The van der Waals surface area contributed by atoms with Gasteiger partial charge in [0, 0.05) is 5.92 Å². The fourth-order valence-electron chi connectivity index (χ4n) is 2.38. The van der Waals surface area contributed by atoms with Gasteiger partial charge in [-0.15, -0.1) is 11.6 Å². The molecule has 5 nitrogen and oxygen atoms in total. The van der Waals surface area contributed by atoms with Gasteiger partial charge in [0.1, 0.15) is 36.9 Å². The monoisotopic (exact) mass is 380 g/mol. The fraction of sp³-hybridized carbons (Fsp3) is 0.400. The number of aliphatic hydroxyl groups excluding tert-OH is 3. The van der Waals surface area contributed by atoms with Crippen molar-refractivity contribution in [3.8, 4) is 11.5 Å². The maximum atomic E-state index is 9.42. The van der Waals surface area contributed by atoms with Gasteiger partial charge in [-0.05, 0) is 35.4 Å². The van der Waals surface area contributed by atoms with E-state index < -0.39 is 12.2 Å². The molecule has 142 valence electrons. The fourth-order valence-corrected chi connectivity index (χ4v) is 2.47. The Labute approximate surface area is 158 Å². The first-order valence-electron chi connectivity index (χ1n) is 8.52. The molecule has 0 bridgehead atoms. The van der Waals surface area contributed by atoms with Gasteiger partial charge < -0.3 is 24.8 Å². The Bertz CT molecular complexity index is 587. The van der Waals surface area contributed by atoms with Crippen LogP contribution in [0, 0.1) is 0 Å². The highest BCUT2D eigenvalue weighted by atomic mass is 35.5. The minimum absolute atomic E-state index is 0.0608. The summed E-state index contributed by atoms with van der Waals surface area (Å²) in [4.78, 5) is 0. The molecule has 0 aliphatic carbocycles. The molecule has 0 amide bonds. The number of aliphatic hydroxyl groups is 3. The summed E-state index contributed by atoms with van der Waals surface area (Å²) in [6, 6.07) is 15.4. The van der Waals surface area contributed by atoms with Crippen molar-refractivity contribution in [2.45, 2.75) is 25.0 Å². The summed E-state index contributed by atoms with van der Waals surface area (Å²) < 4.78 is 10.9. The van der Waals surface area contributed by atoms with Crippen LogP contribution in [0.4, 0.5) is 0 Å². The van der Waals surface area contributed by atoms with E-state index in [4.69, 9.17) is 26.2 Å². The van der Waals surface area contributed by atoms with Crippen LogP contribution in [-0.2, 0) is 0 Å². The second kappa shape index (κ2) is 10.4. The molecule has 0 heterocycles. The molecule has 2 rings (SSSR count).